The van der Waals surface area contributed by atoms with Crippen LogP contribution in [0.1, 0.15) is 7.79 Å². The van der Waals surface area contributed by atoms with E-state index in [9.17, 15) is 0 Å². The smallest absolute Gasteiger partial charge is 0.137 e. The van der Waals surface area contributed by atoms with Crippen LogP contribution in [0, 0.1) is 12.0 Å². The third kappa shape index (κ3) is 4.99. The lowest BCUT2D eigenvalue weighted by Crippen LogP contribution is -2.46. The number of para-hydroxylation sites is 1. The van der Waals surface area contributed by atoms with Gasteiger partial charge in [0.25, 0.3) is 0 Å². The summed E-state index contributed by atoms with van der Waals surface area (Å²) in [6.45, 7) is 5.72. The zero-order valence-corrected chi connectivity index (χ0v) is 17.6. The van der Waals surface area contributed by atoms with Gasteiger partial charge in [0.05, 0.1) is 21.1 Å². The summed E-state index contributed by atoms with van der Waals surface area (Å²) < 4.78 is 21.7. The lowest BCUT2D eigenvalue weighted by molar-refractivity contribution is 0.157. The molecule has 0 saturated carbocycles. The van der Waals surface area contributed by atoms with Crippen LogP contribution in [0.3, 0.4) is 0 Å². The quantitative estimate of drug-likeness (QED) is 0.586. The molecule has 1 aromatic heterocycles. The average Bonchev–Trinajstić information content (AvgIpc) is 3.51. The lowest BCUT2D eigenvalue weighted by atomic mass is 10.1. The fourth-order valence-electron chi connectivity index (χ4n) is 4.14. The van der Waals surface area contributed by atoms with E-state index in [0.29, 0.717) is 31.7 Å². The number of ether oxygens (including phenoxy) is 2. The molecule has 5 rings (SSSR count). The summed E-state index contributed by atoms with van der Waals surface area (Å²) >= 11 is 0. The maximum absolute atomic E-state index is 8.12. The van der Waals surface area contributed by atoms with Gasteiger partial charge < -0.3 is 19.3 Å². The Hall–Kier alpha value is -3.06. The van der Waals surface area contributed by atoms with Crippen LogP contribution in [0.5, 0.6) is 5.75 Å². The first-order valence-corrected chi connectivity index (χ1v) is 10.8. The van der Waals surface area contributed by atoms with Crippen molar-refractivity contribution in [2.24, 2.45) is 5.92 Å². The van der Waals surface area contributed by atoms with Gasteiger partial charge in [-0.1, -0.05) is 18.2 Å². The van der Waals surface area contributed by atoms with Gasteiger partial charge >= 0.3 is 0 Å². The van der Waals surface area contributed by atoms with E-state index in [1.54, 1.807) is 11.0 Å². The Balaban J connectivity index is 1.08. The molecule has 0 unspecified atom stereocenters. The van der Waals surface area contributed by atoms with Crippen LogP contribution in [0.4, 0.5) is 11.4 Å². The van der Waals surface area contributed by atoms with Gasteiger partial charge in [0.15, 0.2) is 0 Å². The van der Waals surface area contributed by atoms with E-state index in [1.165, 1.54) is 12.0 Å². The second-order valence-corrected chi connectivity index (χ2v) is 8.04. The van der Waals surface area contributed by atoms with Crippen molar-refractivity contribution in [1.82, 2.24) is 14.8 Å². The minimum atomic E-state index is 0.362. The number of benzene rings is 2. The van der Waals surface area contributed by atoms with Crippen molar-refractivity contribution in [3.05, 3.63) is 73.3 Å². The molecule has 161 valence electrons. The Morgan fingerprint density at radius 3 is 2.55 bits per heavy atom. The molecular formula is C24H28N5O2. The summed E-state index contributed by atoms with van der Waals surface area (Å²) in [5.74, 6) is 1.25. The van der Waals surface area contributed by atoms with Crippen molar-refractivity contribution in [2.75, 3.05) is 49.2 Å². The minimum absolute atomic E-state index is 0.362. The van der Waals surface area contributed by atoms with Gasteiger partial charge in [-0.05, 0) is 42.8 Å². The van der Waals surface area contributed by atoms with Crippen molar-refractivity contribution < 1.29 is 10.8 Å². The molecule has 3 heterocycles. The SMILES string of the molecule is [2H]c1ccccc1N1CCN(c2ccc(OC[C@@H]3CO[C](Cn4cncn4)C3)cc2)CC1. The van der Waals surface area contributed by atoms with Gasteiger partial charge in [-0.15, -0.1) is 0 Å². The predicted molar refractivity (Wildman–Crippen MR) is 120 cm³/mol. The van der Waals surface area contributed by atoms with E-state index in [2.05, 4.69) is 44.1 Å². The number of piperazine rings is 1. The van der Waals surface area contributed by atoms with E-state index in [-0.39, 0.29) is 0 Å². The molecule has 7 nitrogen and oxygen atoms in total. The minimum Gasteiger partial charge on any atom is -0.493 e. The van der Waals surface area contributed by atoms with Crippen molar-refractivity contribution in [2.45, 2.75) is 13.0 Å². The van der Waals surface area contributed by atoms with Gasteiger partial charge in [-0.25, -0.2) is 9.67 Å². The van der Waals surface area contributed by atoms with Crippen LogP contribution in [0.2, 0.25) is 0 Å². The van der Waals surface area contributed by atoms with E-state index in [4.69, 9.17) is 10.8 Å². The molecule has 2 saturated heterocycles. The van der Waals surface area contributed by atoms with Crippen LogP contribution in [0.15, 0.2) is 67.2 Å². The molecule has 0 spiro atoms. The Morgan fingerprint density at radius 1 is 1.00 bits per heavy atom. The van der Waals surface area contributed by atoms with Gasteiger partial charge in [0.2, 0.25) is 0 Å². The van der Waals surface area contributed by atoms with Crippen LogP contribution in [0.25, 0.3) is 0 Å². The number of hydrogen-bond donors (Lipinski definition) is 0. The molecular weight excluding hydrogens is 390 g/mol. The molecule has 2 fully saturated rings. The van der Waals surface area contributed by atoms with Crippen molar-refractivity contribution in [1.29, 1.82) is 0 Å². The van der Waals surface area contributed by atoms with Gasteiger partial charge in [0.1, 0.15) is 24.5 Å². The van der Waals surface area contributed by atoms with Crippen LogP contribution in [-0.4, -0.2) is 54.2 Å². The Bertz CT molecular complexity index is 990. The average molecular weight is 420 g/mol. The topological polar surface area (TPSA) is 55.7 Å². The Kier molecular flexibility index (Phi) is 5.66. The monoisotopic (exact) mass is 419 g/mol. The summed E-state index contributed by atoms with van der Waals surface area (Å²) in [5.41, 5.74) is 2.23. The van der Waals surface area contributed by atoms with Gasteiger partial charge in [-0.2, -0.15) is 5.10 Å². The summed E-state index contributed by atoms with van der Waals surface area (Å²) in [6.07, 6.45) is 5.17. The maximum Gasteiger partial charge on any atom is 0.137 e. The van der Waals surface area contributed by atoms with Gasteiger partial charge in [0, 0.05) is 43.5 Å². The van der Waals surface area contributed by atoms with E-state index < -0.39 is 0 Å². The summed E-state index contributed by atoms with van der Waals surface area (Å²) in [5, 5.41) is 4.13. The molecule has 1 atom stereocenters. The number of rotatable bonds is 7. The highest BCUT2D eigenvalue weighted by atomic mass is 16.5. The molecule has 0 bridgehead atoms. The van der Waals surface area contributed by atoms with Gasteiger partial charge in [-0.3, -0.25) is 0 Å². The zero-order valence-electron chi connectivity index (χ0n) is 18.6. The predicted octanol–water partition coefficient (Wildman–Crippen LogP) is 3.25. The van der Waals surface area contributed by atoms with E-state index >= 15 is 0 Å². The van der Waals surface area contributed by atoms with E-state index in [1.807, 2.05) is 24.3 Å². The summed E-state index contributed by atoms with van der Waals surface area (Å²) in [6, 6.07) is 16.8. The molecule has 31 heavy (non-hydrogen) atoms. The van der Waals surface area contributed by atoms with Crippen LogP contribution in [-0.2, 0) is 11.3 Å². The molecule has 2 aromatic carbocycles. The standard InChI is InChI=1S/C24H28N5O2/c1-2-4-21(5-3-1)27-10-12-28(13-11-27)22-6-8-23(9-7-22)30-16-20-14-24(31-17-20)15-29-19-25-18-26-29/h1-9,18-20H,10-17H2/t20-/m1/s1/i4D. The Labute approximate surface area is 184 Å². The highest BCUT2D eigenvalue weighted by Crippen LogP contribution is 2.28. The van der Waals surface area contributed by atoms with Crippen LogP contribution >= 0.6 is 0 Å². The molecule has 0 N–H and O–H groups in total. The van der Waals surface area contributed by atoms with Crippen molar-refractivity contribution >= 4 is 11.4 Å². The number of nitrogens with zero attached hydrogens (tertiary/aromatic N) is 5. The first kappa shape index (κ1) is 18.7. The number of hydrogen-bond acceptors (Lipinski definition) is 6. The second kappa shape index (κ2) is 9.39. The third-order valence-electron chi connectivity index (χ3n) is 5.85. The first-order valence-electron chi connectivity index (χ1n) is 11.3. The Morgan fingerprint density at radius 2 is 1.81 bits per heavy atom. The molecule has 0 amide bonds. The summed E-state index contributed by atoms with van der Waals surface area (Å²) in [7, 11) is 0. The van der Waals surface area contributed by atoms with E-state index in [0.717, 1.165) is 50.1 Å². The van der Waals surface area contributed by atoms with Crippen LogP contribution < -0.4 is 14.5 Å². The summed E-state index contributed by atoms with van der Waals surface area (Å²) in [4.78, 5) is 8.66. The maximum atomic E-state index is 8.12. The molecule has 2 aliphatic rings. The zero-order chi connectivity index (χ0) is 21.8. The normalized spacial score (nSPS) is 20.1. The molecule has 1 radical (unpaired) electrons. The molecule has 2 aliphatic heterocycles. The fourth-order valence-corrected chi connectivity index (χ4v) is 4.14. The fraction of sp³-hybridized carbons (Fsp3) is 0.375. The highest BCUT2D eigenvalue weighted by Gasteiger charge is 2.27. The third-order valence-corrected chi connectivity index (χ3v) is 5.85. The van der Waals surface area contributed by atoms with Crippen molar-refractivity contribution in [3.8, 4) is 5.75 Å². The number of anilines is 2. The molecule has 0 aliphatic carbocycles. The molecule has 3 aromatic rings. The second-order valence-electron chi connectivity index (χ2n) is 8.04. The largest absolute Gasteiger partial charge is 0.493 e. The van der Waals surface area contributed by atoms with Crippen molar-refractivity contribution in [3.63, 3.8) is 0 Å². The lowest BCUT2D eigenvalue weighted by Gasteiger charge is -2.37. The number of aromatic nitrogens is 3. The first-order chi connectivity index (χ1) is 15.7. The highest BCUT2D eigenvalue weighted by molar-refractivity contribution is 5.52. The molecule has 7 heteroatoms.